The largest absolute Gasteiger partial charge is 0.484 e. The van der Waals surface area contributed by atoms with Gasteiger partial charge in [0.15, 0.2) is 0 Å². The van der Waals surface area contributed by atoms with Crippen LogP contribution in [0.15, 0.2) is 72.1 Å². The lowest BCUT2D eigenvalue weighted by Gasteiger charge is -2.19. The van der Waals surface area contributed by atoms with Crippen molar-refractivity contribution in [3.8, 4) is 5.75 Å². The Hall–Kier alpha value is -3.16. The summed E-state index contributed by atoms with van der Waals surface area (Å²) in [5.41, 5.74) is 0. The van der Waals surface area contributed by atoms with Gasteiger partial charge in [0.05, 0.1) is 0 Å². The highest BCUT2D eigenvalue weighted by molar-refractivity contribution is 7.10. The highest BCUT2D eigenvalue weighted by atomic mass is 32.1. The maximum atomic E-state index is 9.55. The molecule has 0 aliphatic carbocycles. The Morgan fingerprint density at radius 1 is 1.03 bits per heavy atom. The molecule has 0 radical (unpaired) electrons. The number of carbonyl (C=O) groups is 2. The number of hydrogen-bond donors (Lipinski definition) is 3. The smallest absolute Gasteiger partial charge is 0.328 e. The van der Waals surface area contributed by atoms with E-state index in [1.165, 1.54) is 15.6 Å². The number of rotatable bonds is 8. The van der Waals surface area contributed by atoms with Gasteiger partial charge in [-0.05, 0) is 36.5 Å². The third-order valence-corrected chi connectivity index (χ3v) is 4.87. The third kappa shape index (κ3) is 7.40. The van der Waals surface area contributed by atoms with Gasteiger partial charge in [-0.2, -0.15) is 0 Å². The van der Waals surface area contributed by atoms with Crippen LogP contribution in [0.3, 0.4) is 0 Å². The first-order chi connectivity index (χ1) is 14.0. The first kappa shape index (κ1) is 22.1. The number of aliphatic carboxylic acids is 2. The summed E-state index contributed by atoms with van der Waals surface area (Å²) in [6.07, 6.45) is 2.17. The quantitative estimate of drug-likeness (QED) is 0.476. The number of nitrogens with one attached hydrogen (secondary N) is 1. The Bertz CT molecular complexity index is 932. The Kier molecular flexibility index (Phi) is 8.88. The summed E-state index contributed by atoms with van der Waals surface area (Å²) < 4.78 is 6.34. The number of carboxylic acids is 2. The molecule has 1 heterocycles. The summed E-state index contributed by atoms with van der Waals surface area (Å²) in [4.78, 5) is 20.4. The lowest BCUT2D eigenvalue weighted by atomic mass is 10.1. The van der Waals surface area contributed by atoms with Crippen LogP contribution in [-0.4, -0.2) is 35.7 Å². The second-order valence-electron chi connectivity index (χ2n) is 6.00. The van der Waals surface area contributed by atoms with Crippen LogP contribution in [0.5, 0.6) is 5.75 Å². The van der Waals surface area contributed by atoms with Gasteiger partial charge in [-0.15, -0.1) is 11.3 Å². The summed E-state index contributed by atoms with van der Waals surface area (Å²) in [5.74, 6) is -1.55. The van der Waals surface area contributed by atoms with E-state index < -0.39 is 11.9 Å². The molecule has 7 heteroatoms. The molecule has 0 spiro atoms. The maximum absolute atomic E-state index is 9.55. The van der Waals surface area contributed by atoms with Gasteiger partial charge in [0.2, 0.25) is 0 Å². The number of benzene rings is 2. The van der Waals surface area contributed by atoms with E-state index in [4.69, 9.17) is 14.9 Å². The average Bonchev–Trinajstić information content (AvgIpc) is 3.25. The van der Waals surface area contributed by atoms with Crippen molar-refractivity contribution >= 4 is 34.0 Å². The molecule has 3 aromatic rings. The fourth-order valence-corrected chi connectivity index (χ4v) is 3.39. The lowest BCUT2D eigenvalue weighted by molar-refractivity contribution is -0.134. The molecule has 0 saturated heterocycles. The second kappa shape index (κ2) is 11.6. The fraction of sp³-hybridized carbons (Fsp3) is 0.182. The first-order valence-corrected chi connectivity index (χ1v) is 9.85. The molecule has 0 fully saturated rings. The highest BCUT2D eigenvalue weighted by Gasteiger charge is 2.15. The van der Waals surface area contributed by atoms with Crippen molar-refractivity contribution in [1.29, 1.82) is 0 Å². The summed E-state index contributed by atoms with van der Waals surface area (Å²) >= 11 is 1.75. The molecular formula is C22H23NO5S. The predicted octanol–water partition coefficient (Wildman–Crippen LogP) is 4.34. The molecule has 0 bridgehead atoms. The van der Waals surface area contributed by atoms with Crippen LogP contribution in [0.25, 0.3) is 10.8 Å². The number of carboxylic acid groups (broad SMARTS) is 2. The summed E-state index contributed by atoms with van der Waals surface area (Å²) in [7, 11) is 1.98. The molecule has 0 unspecified atom stereocenters. The van der Waals surface area contributed by atoms with Crippen LogP contribution in [0.2, 0.25) is 0 Å². The molecule has 3 rings (SSSR count). The van der Waals surface area contributed by atoms with Crippen LogP contribution < -0.4 is 10.1 Å². The van der Waals surface area contributed by atoms with Crippen molar-refractivity contribution in [2.24, 2.45) is 0 Å². The van der Waals surface area contributed by atoms with Gasteiger partial charge in [-0.1, -0.05) is 42.5 Å². The Balaban J connectivity index is 0.000000321. The number of ether oxygens (including phenoxy) is 1. The van der Waals surface area contributed by atoms with E-state index in [0.29, 0.717) is 12.2 Å². The van der Waals surface area contributed by atoms with Gasteiger partial charge in [0.25, 0.3) is 0 Å². The summed E-state index contributed by atoms with van der Waals surface area (Å²) in [5, 5.41) is 23.3. The predicted molar refractivity (Wildman–Crippen MR) is 115 cm³/mol. The van der Waals surface area contributed by atoms with E-state index in [1.54, 1.807) is 11.3 Å². The minimum absolute atomic E-state index is 0.100. The fourth-order valence-electron chi connectivity index (χ4n) is 2.60. The van der Waals surface area contributed by atoms with Crippen molar-refractivity contribution in [3.63, 3.8) is 0 Å². The Morgan fingerprint density at radius 2 is 1.72 bits per heavy atom. The van der Waals surface area contributed by atoms with Gasteiger partial charge in [-0.3, -0.25) is 0 Å². The van der Waals surface area contributed by atoms with Gasteiger partial charge in [0, 0.05) is 28.8 Å². The lowest BCUT2D eigenvalue weighted by Crippen LogP contribution is -2.15. The van der Waals surface area contributed by atoms with E-state index in [9.17, 15) is 9.59 Å². The Morgan fingerprint density at radius 3 is 2.34 bits per heavy atom. The SMILES string of the molecule is CNCC[C@@H](Oc1cccc2ccccc12)c1cccs1.O=C(O)/C=C\C(=O)O. The van der Waals surface area contributed by atoms with E-state index in [1.807, 2.05) is 7.05 Å². The monoisotopic (exact) mass is 413 g/mol. The van der Waals surface area contributed by atoms with Crippen molar-refractivity contribution < 1.29 is 24.5 Å². The van der Waals surface area contributed by atoms with Gasteiger partial charge >= 0.3 is 11.9 Å². The molecule has 152 valence electrons. The van der Waals surface area contributed by atoms with E-state index >= 15 is 0 Å². The normalized spacial score (nSPS) is 11.6. The standard InChI is InChI=1S/C18H19NOS.C4H4O4/c1-19-12-11-17(18-10-5-13-21-18)20-16-9-4-7-14-6-2-3-8-15(14)16;5-3(6)1-2-4(7)8/h2-10,13,17,19H,11-12H2,1H3;1-2H,(H,5,6)(H,7,8)/b;2-1-/t17-;/m1./s1. The highest BCUT2D eigenvalue weighted by Crippen LogP contribution is 2.32. The molecule has 6 nitrogen and oxygen atoms in total. The molecule has 2 aromatic carbocycles. The third-order valence-electron chi connectivity index (χ3n) is 3.90. The zero-order valence-electron chi connectivity index (χ0n) is 15.9. The van der Waals surface area contributed by atoms with Gasteiger partial charge in [-0.25, -0.2) is 9.59 Å². The van der Waals surface area contributed by atoms with Crippen LogP contribution >= 0.6 is 11.3 Å². The van der Waals surface area contributed by atoms with Gasteiger partial charge in [0.1, 0.15) is 11.9 Å². The zero-order valence-corrected chi connectivity index (χ0v) is 16.8. The average molecular weight is 413 g/mol. The first-order valence-electron chi connectivity index (χ1n) is 8.97. The van der Waals surface area contributed by atoms with E-state index in [2.05, 4.69) is 65.3 Å². The molecule has 3 N–H and O–H groups in total. The molecule has 1 aromatic heterocycles. The van der Waals surface area contributed by atoms with Gasteiger partial charge < -0.3 is 20.3 Å². The molecule has 0 aliphatic heterocycles. The molecule has 29 heavy (non-hydrogen) atoms. The summed E-state index contributed by atoms with van der Waals surface area (Å²) in [6, 6.07) is 18.8. The molecule has 1 atom stereocenters. The topological polar surface area (TPSA) is 95.9 Å². The maximum Gasteiger partial charge on any atom is 0.328 e. The van der Waals surface area contributed by atoms with Crippen LogP contribution in [-0.2, 0) is 9.59 Å². The van der Waals surface area contributed by atoms with Crippen LogP contribution in [0.1, 0.15) is 17.4 Å². The summed E-state index contributed by atoms with van der Waals surface area (Å²) in [6.45, 7) is 0.938. The van der Waals surface area contributed by atoms with Crippen molar-refractivity contribution in [2.75, 3.05) is 13.6 Å². The molecule has 0 saturated carbocycles. The number of thiophene rings is 1. The molecule has 0 amide bonds. The number of hydrogen-bond acceptors (Lipinski definition) is 5. The van der Waals surface area contributed by atoms with E-state index in [0.717, 1.165) is 18.7 Å². The Labute approximate surface area is 173 Å². The molecule has 0 aliphatic rings. The minimum atomic E-state index is -1.26. The van der Waals surface area contributed by atoms with Crippen molar-refractivity contribution in [3.05, 3.63) is 77.0 Å². The van der Waals surface area contributed by atoms with Crippen molar-refractivity contribution in [2.45, 2.75) is 12.5 Å². The minimum Gasteiger partial charge on any atom is -0.484 e. The second-order valence-corrected chi connectivity index (χ2v) is 6.98. The number of fused-ring (bicyclic) bond motifs is 1. The van der Waals surface area contributed by atoms with E-state index in [-0.39, 0.29) is 6.10 Å². The van der Waals surface area contributed by atoms with Crippen LogP contribution in [0, 0.1) is 0 Å². The zero-order chi connectivity index (χ0) is 21.1. The van der Waals surface area contributed by atoms with Crippen molar-refractivity contribution in [1.82, 2.24) is 5.32 Å². The van der Waals surface area contributed by atoms with Crippen LogP contribution in [0.4, 0.5) is 0 Å². The molecular weight excluding hydrogens is 390 g/mol.